The van der Waals surface area contributed by atoms with Crippen LogP contribution in [0.2, 0.25) is 0 Å². The van der Waals surface area contributed by atoms with Gasteiger partial charge in [0.1, 0.15) is 0 Å². The van der Waals surface area contributed by atoms with Crippen molar-refractivity contribution in [2.24, 2.45) is 0 Å². The van der Waals surface area contributed by atoms with Gasteiger partial charge in [-0.1, -0.05) is 25.4 Å². The summed E-state index contributed by atoms with van der Waals surface area (Å²) in [4.78, 5) is 4.30. The van der Waals surface area contributed by atoms with Gasteiger partial charge in [0.2, 0.25) is 5.89 Å². The molecule has 1 aromatic heterocycles. The molecule has 5 heteroatoms. The normalized spacial score (nSPS) is 15.0. The highest BCUT2D eigenvalue weighted by Gasteiger charge is 2.12. The molecule has 0 saturated carbocycles. The minimum absolute atomic E-state index is 0.186. The molecule has 2 unspecified atom stereocenters. The Kier molecular flexibility index (Phi) is 5.84. The highest BCUT2D eigenvalue weighted by Crippen LogP contribution is 2.19. The van der Waals surface area contributed by atoms with Crippen LogP contribution in [0.4, 0.5) is 0 Å². The molecular formula is C11H20N2O2S. The lowest BCUT2D eigenvalue weighted by Crippen LogP contribution is -2.15. The quantitative estimate of drug-likeness (QED) is 0.798. The summed E-state index contributed by atoms with van der Waals surface area (Å²) in [5.74, 6) is 2.12. The molecule has 1 heterocycles. The average Bonchev–Trinajstić information content (AvgIpc) is 2.70. The van der Waals surface area contributed by atoms with Crippen molar-refractivity contribution < 1.29 is 9.63 Å². The van der Waals surface area contributed by atoms with E-state index in [1.807, 2.05) is 6.92 Å². The lowest BCUT2D eigenvalue weighted by Gasteiger charge is -2.11. The third-order valence-corrected chi connectivity index (χ3v) is 3.75. The van der Waals surface area contributed by atoms with Crippen molar-refractivity contribution in [1.82, 2.24) is 10.1 Å². The summed E-state index contributed by atoms with van der Waals surface area (Å²) < 4.78 is 5.13. The summed E-state index contributed by atoms with van der Waals surface area (Å²) >= 11 is 1.63. The molecular weight excluding hydrogens is 224 g/mol. The second-order valence-corrected chi connectivity index (χ2v) is 5.33. The Balaban J connectivity index is 2.34. The summed E-state index contributed by atoms with van der Waals surface area (Å²) in [6.45, 7) is 5.92. The van der Waals surface area contributed by atoms with Gasteiger partial charge in [-0.15, -0.1) is 11.8 Å². The predicted octanol–water partition coefficient (Wildman–Crippen LogP) is 2.41. The molecule has 0 aliphatic rings. The van der Waals surface area contributed by atoms with E-state index in [9.17, 15) is 5.11 Å². The number of hydrogen-bond acceptors (Lipinski definition) is 5. The zero-order valence-electron chi connectivity index (χ0n) is 10.1. The minimum Gasteiger partial charge on any atom is -0.392 e. The van der Waals surface area contributed by atoms with Crippen molar-refractivity contribution in [3.8, 4) is 0 Å². The molecule has 0 aromatic carbocycles. The van der Waals surface area contributed by atoms with E-state index in [-0.39, 0.29) is 11.4 Å². The van der Waals surface area contributed by atoms with Crippen LogP contribution in [-0.4, -0.2) is 26.6 Å². The van der Waals surface area contributed by atoms with Gasteiger partial charge in [-0.25, -0.2) is 0 Å². The molecule has 0 spiro atoms. The Morgan fingerprint density at radius 3 is 2.81 bits per heavy atom. The van der Waals surface area contributed by atoms with Crippen LogP contribution in [-0.2, 0) is 12.2 Å². The summed E-state index contributed by atoms with van der Waals surface area (Å²) in [6, 6.07) is 0. The van der Waals surface area contributed by atoms with Crippen LogP contribution in [0, 0.1) is 0 Å². The molecule has 0 radical (unpaired) electrons. The molecule has 0 amide bonds. The molecule has 4 nitrogen and oxygen atoms in total. The molecule has 0 aliphatic heterocycles. The van der Waals surface area contributed by atoms with E-state index in [1.54, 1.807) is 18.7 Å². The van der Waals surface area contributed by atoms with E-state index in [0.717, 1.165) is 25.1 Å². The average molecular weight is 244 g/mol. The van der Waals surface area contributed by atoms with Crippen LogP contribution in [0.25, 0.3) is 0 Å². The van der Waals surface area contributed by atoms with Gasteiger partial charge in [-0.05, 0) is 13.3 Å². The van der Waals surface area contributed by atoms with Crippen molar-refractivity contribution in [3.63, 3.8) is 0 Å². The maximum atomic E-state index is 9.33. The number of rotatable bonds is 7. The molecule has 0 fully saturated rings. The molecule has 2 atom stereocenters. The predicted molar refractivity (Wildman–Crippen MR) is 65.3 cm³/mol. The smallest absolute Gasteiger partial charge is 0.236 e. The first kappa shape index (κ1) is 13.5. The number of aliphatic hydroxyl groups is 1. The van der Waals surface area contributed by atoms with Gasteiger partial charge < -0.3 is 9.63 Å². The SMILES string of the molecule is CCCCc1noc(CSC(C)C(C)O)n1. The van der Waals surface area contributed by atoms with Crippen LogP contribution >= 0.6 is 11.8 Å². The highest BCUT2D eigenvalue weighted by molar-refractivity contribution is 7.99. The Hall–Kier alpha value is -0.550. The van der Waals surface area contributed by atoms with Crippen LogP contribution in [0.5, 0.6) is 0 Å². The number of unbranched alkanes of at least 4 members (excludes halogenated alkanes) is 1. The van der Waals surface area contributed by atoms with Crippen LogP contribution in [0.3, 0.4) is 0 Å². The molecule has 1 N–H and O–H groups in total. The fraction of sp³-hybridized carbons (Fsp3) is 0.818. The first-order valence-corrected chi connectivity index (χ1v) is 6.79. The van der Waals surface area contributed by atoms with E-state index >= 15 is 0 Å². The fourth-order valence-corrected chi connectivity index (χ4v) is 1.93. The number of aromatic nitrogens is 2. The first-order chi connectivity index (χ1) is 7.63. The molecule has 0 saturated heterocycles. The Bertz CT molecular complexity index is 302. The third-order valence-electron chi connectivity index (χ3n) is 2.41. The third kappa shape index (κ3) is 4.53. The number of hydrogen-bond donors (Lipinski definition) is 1. The second-order valence-electron chi connectivity index (χ2n) is 3.96. The highest BCUT2D eigenvalue weighted by atomic mass is 32.2. The van der Waals surface area contributed by atoms with Gasteiger partial charge in [0, 0.05) is 11.7 Å². The molecule has 1 aromatic rings. The molecule has 0 bridgehead atoms. The topological polar surface area (TPSA) is 59.2 Å². The van der Waals surface area contributed by atoms with E-state index in [2.05, 4.69) is 17.1 Å². The maximum Gasteiger partial charge on any atom is 0.236 e. The lowest BCUT2D eigenvalue weighted by atomic mass is 10.2. The van der Waals surface area contributed by atoms with Crippen molar-refractivity contribution in [1.29, 1.82) is 0 Å². The van der Waals surface area contributed by atoms with Gasteiger partial charge in [0.15, 0.2) is 5.82 Å². The van der Waals surface area contributed by atoms with Crippen molar-refractivity contribution in [2.75, 3.05) is 0 Å². The fourth-order valence-electron chi connectivity index (χ4n) is 1.13. The lowest BCUT2D eigenvalue weighted by molar-refractivity contribution is 0.196. The van der Waals surface area contributed by atoms with Gasteiger partial charge in [-0.3, -0.25) is 0 Å². The van der Waals surface area contributed by atoms with E-state index in [0.29, 0.717) is 11.6 Å². The largest absolute Gasteiger partial charge is 0.392 e. The Morgan fingerprint density at radius 2 is 2.19 bits per heavy atom. The zero-order chi connectivity index (χ0) is 12.0. The Morgan fingerprint density at radius 1 is 1.44 bits per heavy atom. The standard InChI is InChI=1S/C11H20N2O2S/c1-4-5-6-10-12-11(15-13-10)7-16-9(3)8(2)14/h8-9,14H,4-7H2,1-3H3. The minimum atomic E-state index is -0.313. The number of aryl methyl sites for hydroxylation is 1. The van der Waals surface area contributed by atoms with Crippen LogP contribution in [0.15, 0.2) is 4.52 Å². The van der Waals surface area contributed by atoms with E-state index in [1.165, 1.54) is 0 Å². The van der Waals surface area contributed by atoms with Crippen LogP contribution in [0.1, 0.15) is 45.3 Å². The second kappa shape index (κ2) is 6.91. The summed E-state index contributed by atoms with van der Waals surface area (Å²) in [6.07, 6.45) is 2.80. The van der Waals surface area contributed by atoms with E-state index < -0.39 is 0 Å². The number of thioether (sulfide) groups is 1. The van der Waals surface area contributed by atoms with E-state index in [4.69, 9.17) is 4.52 Å². The van der Waals surface area contributed by atoms with Crippen molar-refractivity contribution in [2.45, 2.75) is 57.1 Å². The van der Waals surface area contributed by atoms with Gasteiger partial charge >= 0.3 is 0 Å². The summed E-state index contributed by atoms with van der Waals surface area (Å²) in [7, 11) is 0. The molecule has 1 rings (SSSR count). The molecule has 92 valence electrons. The van der Waals surface area contributed by atoms with Crippen LogP contribution < -0.4 is 0 Å². The number of aliphatic hydroxyl groups excluding tert-OH is 1. The van der Waals surface area contributed by atoms with Gasteiger partial charge in [0.25, 0.3) is 0 Å². The molecule has 0 aliphatic carbocycles. The maximum absolute atomic E-state index is 9.33. The van der Waals surface area contributed by atoms with Gasteiger partial charge in [-0.2, -0.15) is 4.98 Å². The van der Waals surface area contributed by atoms with Gasteiger partial charge in [0.05, 0.1) is 11.9 Å². The molecule has 16 heavy (non-hydrogen) atoms. The van der Waals surface area contributed by atoms with Crippen molar-refractivity contribution in [3.05, 3.63) is 11.7 Å². The zero-order valence-corrected chi connectivity index (χ0v) is 11.0. The number of nitrogens with zero attached hydrogens (tertiary/aromatic N) is 2. The summed E-state index contributed by atoms with van der Waals surface area (Å²) in [5, 5.41) is 13.4. The summed E-state index contributed by atoms with van der Waals surface area (Å²) in [5.41, 5.74) is 0. The monoisotopic (exact) mass is 244 g/mol. The van der Waals surface area contributed by atoms with Crippen molar-refractivity contribution >= 4 is 11.8 Å². The Labute approximate surface area is 101 Å². The first-order valence-electron chi connectivity index (χ1n) is 5.74.